The Morgan fingerprint density at radius 1 is 1.36 bits per heavy atom. The monoisotopic (exact) mass is 382 g/mol. The molecule has 9 nitrogen and oxygen atoms in total. The van der Waals surface area contributed by atoms with Crippen LogP contribution in [0, 0.1) is 6.92 Å². The van der Waals surface area contributed by atoms with Gasteiger partial charge in [0.25, 0.3) is 6.47 Å². The van der Waals surface area contributed by atoms with Crippen LogP contribution in [0.4, 0.5) is 5.69 Å². The van der Waals surface area contributed by atoms with Crippen LogP contribution in [0.25, 0.3) is 22.8 Å². The molecular weight excluding hydrogens is 360 g/mol. The molecule has 1 saturated heterocycles. The first-order valence-electron chi connectivity index (χ1n) is 9.02. The first-order chi connectivity index (χ1) is 13.6. The molecule has 3 heterocycles. The van der Waals surface area contributed by atoms with Crippen LogP contribution in [0.3, 0.4) is 0 Å². The second kappa shape index (κ2) is 8.47. The molecule has 0 aliphatic carbocycles. The number of carboxylic acid groups (broad SMARTS) is 1. The number of hydrogen-bond donors (Lipinski definition) is 2. The van der Waals surface area contributed by atoms with Gasteiger partial charge >= 0.3 is 0 Å². The standard InChI is InChI=1S/C18H20N6O.CH2O2/c1-3-24-18(20-17(22-24)15-11-19-21-12(15)2)13-6-4-7-14(10-13)23-9-5-8-16(23)25;2-1-3/h4,6-7,10-11H,3,5,8-9H2,1-2H3,(H,19,21);1H,(H,2,3). The van der Waals surface area contributed by atoms with Crippen molar-refractivity contribution >= 4 is 18.1 Å². The number of carbonyl (C=O) groups excluding carboxylic acids is 1. The molecule has 1 aliphatic rings. The van der Waals surface area contributed by atoms with E-state index >= 15 is 0 Å². The molecule has 1 aromatic carbocycles. The van der Waals surface area contributed by atoms with E-state index in [1.54, 1.807) is 6.20 Å². The van der Waals surface area contributed by atoms with Crippen molar-refractivity contribution in [2.24, 2.45) is 0 Å². The van der Waals surface area contributed by atoms with E-state index in [4.69, 9.17) is 14.9 Å². The highest BCUT2D eigenvalue weighted by Gasteiger charge is 2.22. The Kier molecular flexibility index (Phi) is 5.83. The molecule has 0 atom stereocenters. The van der Waals surface area contributed by atoms with Gasteiger partial charge in [0.1, 0.15) is 0 Å². The fourth-order valence-electron chi connectivity index (χ4n) is 3.20. The Hall–Kier alpha value is -3.49. The molecule has 3 aromatic rings. The molecule has 0 bridgehead atoms. The summed E-state index contributed by atoms with van der Waals surface area (Å²) in [6.07, 6.45) is 3.28. The first-order valence-corrected chi connectivity index (χ1v) is 9.02. The summed E-state index contributed by atoms with van der Waals surface area (Å²) < 4.78 is 1.88. The number of rotatable bonds is 4. The van der Waals surface area contributed by atoms with Gasteiger partial charge in [0, 0.05) is 36.5 Å². The summed E-state index contributed by atoms with van der Waals surface area (Å²) in [7, 11) is 0. The number of H-pyrrole nitrogens is 1. The number of benzene rings is 1. The molecule has 0 unspecified atom stereocenters. The molecular formula is C19H22N6O3. The third kappa shape index (κ3) is 3.78. The van der Waals surface area contributed by atoms with E-state index in [0.29, 0.717) is 18.8 Å². The van der Waals surface area contributed by atoms with Crippen molar-refractivity contribution in [3.05, 3.63) is 36.2 Å². The molecule has 1 aliphatic heterocycles. The zero-order valence-corrected chi connectivity index (χ0v) is 15.8. The maximum atomic E-state index is 12.0. The molecule has 2 N–H and O–H groups in total. The van der Waals surface area contributed by atoms with Crippen LogP contribution in [0.1, 0.15) is 25.5 Å². The summed E-state index contributed by atoms with van der Waals surface area (Å²) in [6, 6.07) is 7.96. The van der Waals surface area contributed by atoms with Crippen LogP contribution in [0.15, 0.2) is 30.5 Å². The quantitative estimate of drug-likeness (QED) is 0.670. The van der Waals surface area contributed by atoms with Gasteiger partial charge in [-0.1, -0.05) is 12.1 Å². The largest absolute Gasteiger partial charge is 0.483 e. The van der Waals surface area contributed by atoms with Gasteiger partial charge < -0.3 is 10.0 Å². The lowest BCUT2D eigenvalue weighted by Crippen LogP contribution is -2.23. The number of nitrogens with zero attached hydrogens (tertiary/aromatic N) is 5. The summed E-state index contributed by atoms with van der Waals surface area (Å²) in [5, 5.41) is 18.5. The highest BCUT2D eigenvalue weighted by molar-refractivity contribution is 5.95. The minimum atomic E-state index is -0.250. The van der Waals surface area contributed by atoms with E-state index in [0.717, 1.165) is 41.3 Å². The molecule has 1 fully saturated rings. The average Bonchev–Trinajstić information content (AvgIpc) is 3.41. The summed E-state index contributed by atoms with van der Waals surface area (Å²) in [5.41, 5.74) is 3.72. The van der Waals surface area contributed by atoms with Crippen LogP contribution in [0.2, 0.25) is 0 Å². The zero-order valence-electron chi connectivity index (χ0n) is 15.8. The van der Waals surface area contributed by atoms with E-state index in [1.165, 1.54) is 0 Å². The lowest BCUT2D eigenvalue weighted by atomic mass is 10.1. The number of amides is 1. The fourth-order valence-corrected chi connectivity index (χ4v) is 3.20. The summed E-state index contributed by atoms with van der Waals surface area (Å²) >= 11 is 0. The van der Waals surface area contributed by atoms with E-state index in [2.05, 4.69) is 15.3 Å². The smallest absolute Gasteiger partial charge is 0.290 e. The molecule has 0 radical (unpaired) electrons. The van der Waals surface area contributed by atoms with Crippen molar-refractivity contribution in [2.45, 2.75) is 33.2 Å². The SMILES string of the molecule is CCn1nc(-c2cn[nH]c2C)nc1-c1cccc(N2CCCC2=O)c1.O=CO. The topological polar surface area (TPSA) is 117 Å². The van der Waals surface area contributed by atoms with Crippen LogP contribution >= 0.6 is 0 Å². The minimum absolute atomic E-state index is 0.184. The number of nitrogens with one attached hydrogen (secondary N) is 1. The van der Waals surface area contributed by atoms with Crippen LogP contribution in [0.5, 0.6) is 0 Å². The number of hydrogen-bond acceptors (Lipinski definition) is 5. The average molecular weight is 382 g/mol. The number of carbonyl (C=O) groups is 2. The highest BCUT2D eigenvalue weighted by atomic mass is 16.3. The Bertz CT molecular complexity index is 978. The van der Waals surface area contributed by atoms with E-state index in [1.807, 2.05) is 47.7 Å². The first kappa shape index (κ1) is 19.3. The zero-order chi connectivity index (χ0) is 20.1. The number of aromatic nitrogens is 5. The number of anilines is 1. The van der Waals surface area contributed by atoms with Gasteiger partial charge in [0.15, 0.2) is 11.6 Å². The van der Waals surface area contributed by atoms with Crippen molar-refractivity contribution in [2.75, 3.05) is 11.4 Å². The molecule has 2 aromatic heterocycles. The van der Waals surface area contributed by atoms with Crippen molar-refractivity contribution in [3.8, 4) is 22.8 Å². The van der Waals surface area contributed by atoms with Crippen molar-refractivity contribution in [1.82, 2.24) is 25.0 Å². The van der Waals surface area contributed by atoms with Crippen LogP contribution in [-0.2, 0) is 16.1 Å². The van der Waals surface area contributed by atoms with Crippen molar-refractivity contribution in [1.29, 1.82) is 0 Å². The van der Waals surface area contributed by atoms with E-state index in [-0.39, 0.29) is 12.4 Å². The second-order valence-electron chi connectivity index (χ2n) is 6.29. The Morgan fingerprint density at radius 3 is 2.75 bits per heavy atom. The third-order valence-corrected chi connectivity index (χ3v) is 4.53. The van der Waals surface area contributed by atoms with Crippen molar-refractivity contribution < 1.29 is 14.7 Å². The van der Waals surface area contributed by atoms with Gasteiger partial charge in [0.05, 0.1) is 11.8 Å². The van der Waals surface area contributed by atoms with Gasteiger partial charge in [-0.15, -0.1) is 0 Å². The van der Waals surface area contributed by atoms with Gasteiger partial charge in [0.2, 0.25) is 5.91 Å². The predicted molar refractivity (Wildman–Crippen MR) is 104 cm³/mol. The van der Waals surface area contributed by atoms with Crippen molar-refractivity contribution in [3.63, 3.8) is 0 Å². The lowest BCUT2D eigenvalue weighted by Gasteiger charge is -2.16. The van der Waals surface area contributed by atoms with E-state index in [9.17, 15) is 4.79 Å². The predicted octanol–water partition coefficient (Wildman–Crippen LogP) is 2.49. The van der Waals surface area contributed by atoms with Crippen LogP contribution in [-0.4, -0.2) is 49.0 Å². The fraction of sp³-hybridized carbons (Fsp3) is 0.316. The summed E-state index contributed by atoms with van der Waals surface area (Å²) in [5.74, 6) is 1.64. The minimum Gasteiger partial charge on any atom is -0.483 e. The molecule has 0 saturated carbocycles. The second-order valence-corrected chi connectivity index (χ2v) is 6.29. The van der Waals surface area contributed by atoms with E-state index < -0.39 is 0 Å². The maximum Gasteiger partial charge on any atom is 0.290 e. The van der Waals surface area contributed by atoms with Gasteiger partial charge in [-0.25, -0.2) is 9.67 Å². The summed E-state index contributed by atoms with van der Waals surface area (Å²) in [6.45, 7) is 5.24. The lowest BCUT2D eigenvalue weighted by molar-refractivity contribution is -0.123. The normalized spacial score (nSPS) is 13.4. The Balaban J connectivity index is 0.000000706. The molecule has 9 heteroatoms. The number of aryl methyl sites for hydroxylation is 2. The molecule has 0 spiro atoms. The van der Waals surface area contributed by atoms with Crippen LogP contribution < -0.4 is 4.90 Å². The van der Waals surface area contributed by atoms with Gasteiger partial charge in [-0.05, 0) is 32.4 Å². The summed E-state index contributed by atoms with van der Waals surface area (Å²) in [4.78, 5) is 27.0. The number of aromatic amines is 1. The molecule has 28 heavy (non-hydrogen) atoms. The Morgan fingerprint density at radius 2 is 2.14 bits per heavy atom. The highest BCUT2D eigenvalue weighted by Crippen LogP contribution is 2.28. The molecule has 146 valence electrons. The van der Waals surface area contributed by atoms with Gasteiger partial charge in [-0.3, -0.25) is 14.7 Å². The maximum absolute atomic E-state index is 12.0. The molecule has 1 amide bonds. The van der Waals surface area contributed by atoms with Gasteiger partial charge in [-0.2, -0.15) is 10.2 Å². The third-order valence-electron chi connectivity index (χ3n) is 4.53. The Labute approximate surface area is 162 Å². The molecule has 4 rings (SSSR count).